The Morgan fingerprint density at radius 3 is 1.96 bits per heavy atom. The maximum Gasteiger partial charge on any atom is 0.416 e. The van der Waals surface area contributed by atoms with Crippen LogP contribution in [0.3, 0.4) is 0 Å². The van der Waals surface area contributed by atoms with Gasteiger partial charge in [0.05, 0.1) is 11.6 Å². The molecule has 0 radical (unpaired) electrons. The number of carbonyl (C=O) groups excluding carboxylic acids is 1. The highest BCUT2D eigenvalue weighted by molar-refractivity contribution is 5.89. The van der Waals surface area contributed by atoms with Crippen molar-refractivity contribution in [1.82, 2.24) is 0 Å². The van der Waals surface area contributed by atoms with Crippen LogP contribution in [0, 0.1) is 11.8 Å². The second-order valence-corrected chi connectivity index (χ2v) is 7.83. The maximum atomic E-state index is 13.2. The number of hydrogen-bond donors (Lipinski definition) is 1. The molecule has 2 aliphatic rings. The molecular weight excluding hydrogens is 339 g/mol. The molecule has 26 heavy (non-hydrogen) atoms. The summed E-state index contributed by atoms with van der Waals surface area (Å²) in [6.45, 7) is 0. The zero-order valence-electron chi connectivity index (χ0n) is 15.2. The lowest BCUT2D eigenvalue weighted by Crippen LogP contribution is -2.42. The number of ketones is 1. The first kappa shape index (κ1) is 19.2. The minimum atomic E-state index is -4.33. The Balaban J connectivity index is 1.75. The normalized spacial score (nSPS) is 21.3. The molecule has 5 heteroatoms. The molecule has 3 rings (SSSR count). The highest BCUT2D eigenvalue weighted by Crippen LogP contribution is 2.34. The molecule has 2 aliphatic carbocycles. The fourth-order valence-electron chi connectivity index (χ4n) is 4.46. The van der Waals surface area contributed by atoms with Crippen molar-refractivity contribution in [2.45, 2.75) is 76.4 Å². The average Bonchev–Trinajstić information content (AvgIpc) is 2.66. The first-order valence-electron chi connectivity index (χ1n) is 9.92. The molecule has 2 saturated carbocycles. The Morgan fingerprint density at radius 2 is 1.42 bits per heavy atom. The van der Waals surface area contributed by atoms with Crippen LogP contribution in [-0.2, 0) is 11.0 Å². The van der Waals surface area contributed by atoms with E-state index in [0.29, 0.717) is 11.6 Å². The van der Waals surface area contributed by atoms with Crippen molar-refractivity contribution >= 4 is 11.5 Å². The van der Waals surface area contributed by atoms with Gasteiger partial charge in [-0.2, -0.15) is 13.2 Å². The molecule has 144 valence electrons. The molecule has 0 aromatic heterocycles. The molecule has 1 N–H and O–H groups in total. The quantitative estimate of drug-likeness (QED) is 0.670. The predicted molar refractivity (Wildman–Crippen MR) is 97.0 cm³/mol. The van der Waals surface area contributed by atoms with Gasteiger partial charge in [0.25, 0.3) is 0 Å². The van der Waals surface area contributed by atoms with Gasteiger partial charge in [0.15, 0.2) is 5.78 Å². The molecule has 0 amide bonds. The van der Waals surface area contributed by atoms with Crippen molar-refractivity contribution in [2.75, 3.05) is 5.32 Å². The first-order chi connectivity index (χ1) is 12.4. The van der Waals surface area contributed by atoms with E-state index in [9.17, 15) is 18.0 Å². The highest BCUT2D eigenvalue weighted by Gasteiger charge is 2.35. The van der Waals surface area contributed by atoms with Crippen molar-refractivity contribution in [2.24, 2.45) is 11.8 Å². The fourth-order valence-corrected chi connectivity index (χ4v) is 4.46. The predicted octanol–water partition coefficient (Wildman–Crippen LogP) is 6.22. The minimum Gasteiger partial charge on any atom is -0.375 e. The summed E-state index contributed by atoms with van der Waals surface area (Å²) in [4.78, 5) is 13.2. The van der Waals surface area contributed by atoms with E-state index < -0.39 is 11.7 Å². The number of halogens is 3. The van der Waals surface area contributed by atoms with Crippen LogP contribution in [0.5, 0.6) is 0 Å². The third-order valence-corrected chi connectivity index (χ3v) is 5.97. The van der Waals surface area contributed by atoms with E-state index in [0.717, 1.165) is 63.5 Å². The SMILES string of the molecule is O=C(C1CCCCC1)[C@H](Nc1ccc(C(F)(F)F)cc1)C1CCCCC1. The Kier molecular flexibility index (Phi) is 6.25. The lowest BCUT2D eigenvalue weighted by molar-refractivity contribution is -0.137. The summed E-state index contributed by atoms with van der Waals surface area (Å²) in [6, 6.07) is 4.81. The van der Waals surface area contributed by atoms with Crippen LogP contribution in [0.4, 0.5) is 18.9 Å². The van der Waals surface area contributed by atoms with Gasteiger partial charge in [0.1, 0.15) is 0 Å². The summed E-state index contributed by atoms with van der Waals surface area (Å²) in [7, 11) is 0. The monoisotopic (exact) mass is 367 g/mol. The van der Waals surface area contributed by atoms with E-state index in [1.807, 2.05) is 0 Å². The second-order valence-electron chi connectivity index (χ2n) is 7.83. The van der Waals surface area contributed by atoms with Gasteiger partial charge in [-0.1, -0.05) is 38.5 Å². The van der Waals surface area contributed by atoms with Gasteiger partial charge in [-0.3, -0.25) is 4.79 Å². The van der Waals surface area contributed by atoms with Gasteiger partial charge < -0.3 is 5.32 Å². The van der Waals surface area contributed by atoms with Gasteiger partial charge >= 0.3 is 6.18 Å². The van der Waals surface area contributed by atoms with Crippen molar-refractivity contribution in [3.63, 3.8) is 0 Å². The number of nitrogens with one attached hydrogen (secondary N) is 1. The zero-order valence-corrected chi connectivity index (χ0v) is 15.2. The summed E-state index contributed by atoms with van der Waals surface area (Å²) in [5.74, 6) is 0.676. The summed E-state index contributed by atoms with van der Waals surface area (Å²) in [5, 5.41) is 3.31. The van der Waals surface area contributed by atoms with Crippen molar-refractivity contribution < 1.29 is 18.0 Å². The number of hydrogen-bond acceptors (Lipinski definition) is 2. The molecule has 1 aromatic rings. The van der Waals surface area contributed by atoms with Gasteiger partial charge in [-0.15, -0.1) is 0 Å². The summed E-state index contributed by atoms with van der Waals surface area (Å²) in [6.07, 6.45) is 6.51. The van der Waals surface area contributed by atoms with Gasteiger partial charge in [0, 0.05) is 11.6 Å². The number of benzene rings is 1. The molecule has 1 atom stereocenters. The third kappa shape index (κ3) is 4.80. The van der Waals surface area contributed by atoms with Crippen LogP contribution in [0.15, 0.2) is 24.3 Å². The molecule has 0 bridgehead atoms. The van der Waals surface area contributed by atoms with E-state index in [1.165, 1.54) is 25.0 Å². The van der Waals surface area contributed by atoms with E-state index >= 15 is 0 Å². The molecule has 0 unspecified atom stereocenters. The molecule has 0 aliphatic heterocycles. The number of carbonyl (C=O) groups is 1. The van der Waals surface area contributed by atoms with E-state index in [-0.39, 0.29) is 17.7 Å². The average molecular weight is 367 g/mol. The van der Waals surface area contributed by atoms with Crippen LogP contribution >= 0.6 is 0 Å². The smallest absolute Gasteiger partial charge is 0.375 e. The van der Waals surface area contributed by atoms with Crippen LogP contribution < -0.4 is 5.32 Å². The van der Waals surface area contributed by atoms with Crippen LogP contribution in [0.1, 0.15) is 69.8 Å². The number of anilines is 1. The van der Waals surface area contributed by atoms with Crippen LogP contribution in [0.25, 0.3) is 0 Å². The lowest BCUT2D eigenvalue weighted by atomic mass is 9.76. The summed E-state index contributed by atoms with van der Waals surface area (Å²) >= 11 is 0. The summed E-state index contributed by atoms with van der Waals surface area (Å²) < 4.78 is 38.3. The Labute approximate surface area is 153 Å². The van der Waals surface area contributed by atoms with Crippen molar-refractivity contribution in [3.05, 3.63) is 29.8 Å². The topological polar surface area (TPSA) is 29.1 Å². The Hall–Kier alpha value is -1.52. The lowest BCUT2D eigenvalue weighted by Gasteiger charge is -2.34. The number of rotatable bonds is 5. The van der Waals surface area contributed by atoms with Crippen molar-refractivity contribution in [1.29, 1.82) is 0 Å². The maximum absolute atomic E-state index is 13.2. The van der Waals surface area contributed by atoms with Crippen LogP contribution in [-0.4, -0.2) is 11.8 Å². The van der Waals surface area contributed by atoms with E-state index in [1.54, 1.807) is 0 Å². The molecule has 0 spiro atoms. The van der Waals surface area contributed by atoms with Gasteiger partial charge in [-0.25, -0.2) is 0 Å². The molecule has 2 fully saturated rings. The van der Waals surface area contributed by atoms with E-state index in [2.05, 4.69) is 5.32 Å². The standard InChI is InChI=1S/C21H28F3NO/c22-21(23,24)17-11-13-18(14-12-17)25-19(15-7-3-1-4-8-15)20(26)16-9-5-2-6-10-16/h11-16,19,25H,1-10H2/t19-/m1/s1. The highest BCUT2D eigenvalue weighted by atomic mass is 19.4. The van der Waals surface area contributed by atoms with Crippen molar-refractivity contribution in [3.8, 4) is 0 Å². The van der Waals surface area contributed by atoms with Crippen LogP contribution in [0.2, 0.25) is 0 Å². The Morgan fingerprint density at radius 1 is 0.885 bits per heavy atom. The molecule has 1 aromatic carbocycles. The third-order valence-electron chi connectivity index (χ3n) is 5.97. The zero-order chi connectivity index (χ0) is 18.6. The molecule has 2 nitrogen and oxygen atoms in total. The largest absolute Gasteiger partial charge is 0.416 e. The van der Waals surface area contributed by atoms with Gasteiger partial charge in [-0.05, 0) is 55.9 Å². The fraction of sp³-hybridized carbons (Fsp3) is 0.667. The first-order valence-corrected chi connectivity index (χ1v) is 9.92. The number of alkyl halides is 3. The second kappa shape index (κ2) is 8.45. The number of Topliss-reactive ketones (excluding diaryl/α,β-unsaturated/α-hetero) is 1. The Bertz CT molecular complexity index is 584. The van der Waals surface area contributed by atoms with Gasteiger partial charge in [0.2, 0.25) is 0 Å². The minimum absolute atomic E-state index is 0.109. The molecule has 0 heterocycles. The molecule has 0 saturated heterocycles. The van der Waals surface area contributed by atoms with E-state index in [4.69, 9.17) is 0 Å². The summed E-state index contributed by atoms with van der Waals surface area (Å²) in [5.41, 5.74) is -0.0476. The molecular formula is C21H28F3NO.